The maximum absolute atomic E-state index is 12.4. The second-order valence-electron chi connectivity index (χ2n) is 7.17. The molecule has 0 radical (unpaired) electrons. The lowest BCUT2D eigenvalue weighted by atomic mass is 9.99. The molecule has 1 aromatic heterocycles. The van der Waals surface area contributed by atoms with E-state index in [1.165, 1.54) is 0 Å². The van der Waals surface area contributed by atoms with Crippen molar-refractivity contribution in [2.75, 3.05) is 13.1 Å². The highest BCUT2D eigenvalue weighted by atomic mass is 16.5. The van der Waals surface area contributed by atoms with Gasteiger partial charge in [-0.2, -0.15) is 0 Å². The summed E-state index contributed by atoms with van der Waals surface area (Å²) < 4.78 is 5.28. The summed E-state index contributed by atoms with van der Waals surface area (Å²) in [5, 5.41) is 0.513. The van der Waals surface area contributed by atoms with Gasteiger partial charge in [-0.25, -0.2) is 4.98 Å². The van der Waals surface area contributed by atoms with E-state index >= 15 is 0 Å². The largest absolute Gasteiger partial charge is 0.453 e. The Labute approximate surface area is 157 Å². The lowest BCUT2D eigenvalue weighted by Gasteiger charge is -2.31. The van der Waals surface area contributed by atoms with Crippen molar-refractivity contribution in [1.29, 1.82) is 0 Å². The molecule has 0 saturated carbocycles. The third-order valence-corrected chi connectivity index (χ3v) is 4.98. The van der Waals surface area contributed by atoms with Gasteiger partial charge in [-0.05, 0) is 37.8 Å². The van der Waals surface area contributed by atoms with Crippen molar-refractivity contribution < 1.29 is 14.3 Å². The number of H-pyrrole nitrogens is 1. The number of likely N-dealkylation sites (tertiary alicyclic amines) is 1. The Morgan fingerprint density at radius 1 is 1.30 bits per heavy atom. The molecule has 1 N–H and O–H groups in total. The quantitative estimate of drug-likeness (QED) is 0.812. The Balaban J connectivity index is 1.53. The number of aryl methyl sites for hydroxylation is 1. The molecule has 0 unspecified atom stereocenters. The minimum absolute atomic E-state index is 0.0515. The fourth-order valence-corrected chi connectivity index (χ4v) is 3.27. The van der Waals surface area contributed by atoms with Gasteiger partial charge < -0.3 is 14.6 Å². The molecule has 1 saturated heterocycles. The maximum atomic E-state index is 12.4. The number of carbonyl (C=O) groups is 2. The van der Waals surface area contributed by atoms with E-state index in [-0.39, 0.29) is 24.3 Å². The van der Waals surface area contributed by atoms with Crippen molar-refractivity contribution >= 4 is 22.8 Å². The van der Waals surface area contributed by atoms with E-state index in [0.29, 0.717) is 35.7 Å². The summed E-state index contributed by atoms with van der Waals surface area (Å²) in [6, 6.07) is 7.04. The van der Waals surface area contributed by atoms with Crippen molar-refractivity contribution in [2.24, 2.45) is 5.92 Å². The Hall–Kier alpha value is -2.70. The second-order valence-corrected chi connectivity index (χ2v) is 7.17. The SMILES string of the molecule is CC1CCN(C(=O)[C@@H](C)OC(=O)CCc2nc3ccccc3c(=O)[nH]2)CC1. The van der Waals surface area contributed by atoms with Gasteiger partial charge in [0.05, 0.1) is 17.3 Å². The molecule has 3 rings (SSSR count). The number of nitrogens with one attached hydrogen (secondary N) is 1. The molecule has 7 nitrogen and oxygen atoms in total. The molecular weight excluding hydrogens is 346 g/mol. The van der Waals surface area contributed by atoms with E-state index in [1.807, 2.05) is 0 Å². The van der Waals surface area contributed by atoms with Crippen LogP contribution in [0.1, 0.15) is 38.9 Å². The van der Waals surface area contributed by atoms with E-state index in [4.69, 9.17) is 4.74 Å². The van der Waals surface area contributed by atoms with E-state index in [1.54, 1.807) is 36.1 Å². The summed E-state index contributed by atoms with van der Waals surface area (Å²) in [6.45, 7) is 5.21. The van der Waals surface area contributed by atoms with Gasteiger partial charge in [0.25, 0.3) is 11.5 Å². The number of rotatable bonds is 5. The van der Waals surface area contributed by atoms with Gasteiger partial charge in [0.2, 0.25) is 0 Å². The van der Waals surface area contributed by atoms with Crippen LogP contribution in [0.15, 0.2) is 29.1 Å². The highest BCUT2D eigenvalue weighted by molar-refractivity contribution is 5.83. The van der Waals surface area contributed by atoms with Crippen molar-refractivity contribution in [3.63, 3.8) is 0 Å². The number of aromatic amines is 1. The summed E-state index contributed by atoms with van der Waals surface area (Å²) in [5.74, 6) is 0.438. The number of para-hydroxylation sites is 1. The van der Waals surface area contributed by atoms with Gasteiger partial charge >= 0.3 is 5.97 Å². The van der Waals surface area contributed by atoms with Gasteiger partial charge in [0.1, 0.15) is 5.82 Å². The van der Waals surface area contributed by atoms with Gasteiger partial charge in [-0.15, -0.1) is 0 Å². The highest BCUT2D eigenvalue weighted by Crippen LogP contribution is 2.17. The van der Waals surface area contributed by atoms with Crippen molar-refractivity contribution in [3.8, 4) is 0 Å². The molecule has 1 fully saturated rings. The van der Waals surface area contributed by atoms with Crippen LogP contribution < -0.4 is 5.56 Å². The number of nitrogens with zero attached hydrogens (tertiary/aromatic N) is 2. The van der Waals surface area contributed by atoms with E-state index in [0.717, 1.165) is 12.8 Å². The Kier molecular flexibility index (Phi) is 5.88. The molecule has 7 heteroatoms. The summed E-state index contributed by atoms with van der Waals surface area (Å²) >= 11 is 0. The minimum Gasteiger partial charge on any atom is -0.453 e. The average Bonchev–Trinajstić information content (AvgIpc) is 2.66. The number of carbonyl (C=O) groups excluding carboxylic acids is 2. The summed E-state index contributed by atoms with van der Waals surface area (Å²) in [6.07, 6.45) is 1.46. The van der Waals surface area contributed by atoms with Crippen molar-refractivity contribution in [1.82, 2.24) is 14.9 Å². The number of esters is 1. The van der Waals surface area contributed by atoms with Crippen molar-refractivity contribution in [2.45, 2.75) is 45.6 Å². The minimum atomic E-state index is -0.797. The van der Waals surface area contributed by atoms with Crippen LogP contribution in [0.3, 0.4) is 0 Å². The third-order valence-electron chi connectivity index (χ3n) is 4.98. The van der Waals surface area contributed by atoms with E-state index < -0.39 is 12.1 Å². The van der Waals surface area contributed by atoms with Crippen LogP contribution in [0, 0.1) is 5.92 Å². The first kappa shape index (κ1) is 19.1. The van der Waals surface area contributed by atoms with Crippen LogP contribution in [0.5, 0.6) is 0 Å². The number of ether oxygens (including phenoxy) is 1. The zero-order valence-corrected chi connectivity index (χ0v) is 15.7. The zero-order chi connectivity index (χ0) is 19.4. The fraction of sp³-hybridized carbons (Fsp3) is 0.500. The molecule has 1 aliphatic rings. The number of piperidine rings is 1. The van der Waals surface area contributed by atoms with E-state index in [9.17, 15) is 14.4 Å². The van der Waals surface area contributed by atoms with Gasteiger partial charge in [-0.3, -0.25) is 14.4 Å². The number of hydrogen-bond donors (Lipinski definition) is 1. The summed E-state index contributed by atoms with van der Waals surface area (Å²) in [4.78, 5) is 45.4. The Morgan fingerprint density at radius 2 is 2.00 bits per heavy atom. The fourth-order valence-electron chi connectivity index (χ4n) is 3.27. The molecule has 27 heavy (non-hydrogen) atoms. The van der Waals surface area contributed by atoms with Crippen LogP contribution in [0.25, 0.3) is 10.9 Å². The van der Waals surface area contributed by atoms with E-state index in [2.05, 4.69) is 16.9 Å². The molecule has 1 aliphatic heterocycles. The topological polar surface area (TPSA) is 92.4 Å². The monoisotopic (exact) mass is 371 g/mol. The first-order chi connectivity index (χ1) is 12.9. The normalized spacial score (nSPS) is 16.3. The molecule has 1 aromatic carbocycles. The first-order valence-corrected chi connectivity index (χ1v) is 9.40. The molecule has 1 atom stereocenters. The third kappa shape index (κ3) is 4.72. The zero-order valence-electron chi connectivity index (χ0n) is 15.7. The standard InChI is InChI=1S/C20H25N3O4/c1-13-9-11-23(12-10-13)20(26)14(2)27-18(24)8-7-17-21-16-6-4-3-5-15(16)19(25)22-17/h3-6,13-14H,7-12H2,1-2H3,(H,21,22,25)/t14-/m1/s1. The summed E-state index contributed by atoms with van der Waals surface area (Å²) in [7, 11) is 0. The Bertz CT molecular complexity index is 884. The molecule has 0 aliphatic carbocycles. The molecule has 1 amide bonds. The van der Waals surface area contributed by atoms with Crippen molar-refractivity contribution in [3.05, 3.63) is 40.4 Å². The molecule has 0 bridgehead atoms. The number of fused-ring (bicyclic) bond motifs is 1. The molecule has 2 heterocycles. The van der Waals surface area contributed by atoms with Crippen LogP contribution in [-0.2, 0) is 20.7 Å². The molecular formula is C20H25N3O4. The smallest absolute Gasteiger partial charge is 0.307 e. The molecule has 0 spiro atoms. The van der Waals surface area contributed by atoms with Crippen LogP contribution in [-0.4, -0.2) is 45.9 Å². The van der Waals surface area contributed by atoms with Gasteiger partial charge in [-0.1, -0.05) is 19.1 Å². The second kappa shape index (κ2) is 8.33. The molecule has 144 valence electrons. The maximum Gasteiger partial charge on any atom is 0.307 e. The first-order valence-electron chi connectivity index (χ1n) is 9.40. The van der Waals surface area contributed by atoms with Crippen LogP contribution in [0.2, 0.25) is 0 Å². The number of benzene rings is 1. The van der Waals surface area contributed by atoms with Gasteiger partial charge in [0.15, 0.2) is 6.10 Å². The summed E-state index contributed by atoms with van der Waals surface area (Å²) in [5.41, 5.74) is 0.360. The number of hydrogen-bond acceptors (Lipinski definition) is 5. The van der Waals surface area contributed by atoms with Crippen LogP contribution in [0.4, 0.5) is 0 Å². The number of amides is 1. The molecule has 2 aromatic rings. The lowest BCUT2D eigenvalue weighted by molar-refractivity contribution is -0.159. The highest BCUT2D eigenvalue weighted by Gasteiger charge is 2.26. The predicted molar refractivity (Wildman–Crippen MR) is 101 cm³/mol. The van der Waals surface area contributed by atoms with Gasteiger partial charge in [0, 0.05) is 19.5 Å². The number of aromatic nitrogens is 2. The van der Waals surface area contributed by atoms with Crippen LogP contribution >= 0.6 is 0 Å². The lowest BCUT2D eigenvalue weighted by Crippen LogP contribution is -2.44. The average molecular weight is 371 g/mol. The predicted octanol–water partition coefficient (Wildman–Crippen LogP) is 2.05. The Morgan fingerprint density at radius 3 is 2.74 bits per heavy atom.